The molecule has 108 valence electrons. The van der Waals surface area contributed by atoms with Crippen molar-refractivity contribution >= 4 is 17.9 Å². The van der Waals surface area contributed by atoms with Crippen LogP contribution in [-0.4, -0.2) is 18.3 Å². The lowest BCUT2D eigenvalue weighted by Gasteiger charge is -2.11. The fourth-order valence-corrected chi connectivity index (χ4v) is 1.88. The molecule has 0 fully saturated rings. The Morgan fingerprint density at radius 1 is 1.14 bits per heavy atom. The zero-order chi connectivity index (χ0) is 15.2. The van der Waals surface area contributed by atoms with Gasteiger partial charge in [-0.1, -0.05) is 18.2 Å². The van der Waals surface area contributed by atoms with E-state index in [4.69, 9.17) is 4.74 Å². The fourth-order valence-electron chi connectivity index (χ4n) is 1.88. The Bertz CT molecular complexity index is 650. The minimum Gasteiger partial charge on any atom is -0.491 e. The van der Waals surface area contributed by atoms with Gasteiger partial charge < -0.3 is 10.1 Å². The van der Waals surface area contributed by atoms with Gasteiger partial charge in [0.1, 0.15) is 12.0 Å². The van der Waals surface area contributed by atoms with Crippen molar-refractivity contribution in [1.29, 1.82) is 0 Å². The minimum absolute atomic E-state index is 0.0487. The Balaban J connectivity index is 2.14. The molecule has 0 heterocycles. The molecule has 0 saturated heterocycles. The number of ether oxygens (including phenoxy) is 1. The summed E-state index contributed by atoms with van der Waals surface area (Å²) in [6.45, 7) is 3.86. The fraction of sp³-hybridized carbons (Fsp3) is 0.176. The highest BCUT2D eigenvalue weighted by Crippen LogP contribution is 2.17. The molecular formula is C17H17NO3. The maximum absolute atomic E-state index is 12.2. The van der Waals surface area contributed by atoms with Crippen molar-refractivity contribution in [3.8, 4) is 5.75 Å². The molecule has 0 radical (unpaired) electrons. The van der Waals surface area contributed by atoms with Crippen molar-refractivity contribution < 1.29 is 14.3 Å². The monoisotopic (exact) mass is 283 g/mol. The van der Waals surface area contributed by atoms with E-state index < -0.39 is 0 Å². The zero-order valence-electron chi connectivity index (χ0n) is 12.0. The summed E-state index contributed by atoms with van der Waals surface area (Å²) in [5.41, 5.74) is 1.61. The number of hydrogen-bond acceptors (Lipinski definition) is 3. The molecule has 0 aromatic heterocycles. The second-order valence-electron chi connectivity index (χ2n) is 4.89. The molecule has 0 aliphatic carbocycles. The van der Waals surface area contributed by atoms with Gasteiger partial charge in [-0.25, -0.2) is 0 Å². The van der Waals surface area contributed by atoms with Crippen LogP contribution < -0.4 is 10.1 Å². The summed E-state index contributed by atoms with van der Waals surface area (Å²) in [6.07, 6.45) is 0.792. The van der Waals surface area contributed by atoms with Crippen molar-refractivity contribution in [2.75, 3.05) is 5.32 Å². The van der Waals surface area contributed by atoms with E-state index in [9.17, 15) is 9.59 Å². The summed E-state index contributed by atoms with van der Waals surface area (Å²) < 4.78 is 5.57. The lowest BCUT2D eigenvalue weighted by atomic mass is 10.1. The largest absolute Gasteiger partial charge is 0.491 e. The molecule has 1 N–H and O–H groups in total. The molecule has 2 rings (SSSR count). The van der Waals surface area contributed by atoms with Crippen LogP contribution in [0.25, 0.3) is 0 Å². The second kappa shape index (κ2) is 6.70. The highest BCUT2D eigenvalue weighted by Gasteiger charge is 2.08. The van der Waals surface area contributed by atoms with E-state index in [-0.39, 0.29) is 12.0 Å². The SMILES string of the molecule is CC(C)Oc1cccc(C(=O)Nc2cccc(C=O)c2)c1. The molecule has 1 amide bonds. The summed E-state index contributed by atoms with van der Waals surface area (Å²) in [4.78, 5) is 22.9. The predicted molar refractivity (Wildman–Crippen MR) is 82.0 cm³/mol. The number of carbonyl (C=O) groups excluding carboxylic acids is 2. The van der Waals surface area contributed by atoms with Crippen LogP contribution in [0.2, 0.25) is 0 Å². The van der Waals surface area contributed by atoms with E-state index in [0.717, 1.165) is 6.29 Å². The van der Waals surface area contributed by atoms with Crippen LogP contribution in [0, 0.1) is 0 Å². The lowest BCUT2D eigenvalue weighted by Crippen LogP contribution is -2.13. The van der Waals surface area contributed by atoms with E-state index in [2.05, 4.69) is 5.32 Å². The van der Waals surface area contributed by atoms with Gasteiger partial charge in [-0.15, -0.1) is 0 Å². The Kier molecular flexibility index (Phi) is 4.72. The van der Waals surface area contributed by atoms with Gasteiger partial charge in [-0.2, -0.15) is 0 Å². The van der Waals surface area contributed by atoms with Crippen LogP contribution in [0.1, 0.15) is 34.6 Å². The first-order chi connectivity index (χ1) is 10.1. The van der Waals surface area contributed by atoms with Gasteiger partial charge in [0, 0.05) is 16.8 Å². The van der Waals surface area contributed by atoms with Crippen molar-refractivity contribution in [2.24, 2.45) is 0 Å². The highest BCUT2D eigenvalue weighted by atomic mass is 16.5. The molecule has 0 saturated carbocycles. The lowest BCUT2D eigenvalue weighted by molar-refractivity contribution is 0.102. The van der Waals surface area contributed by atoms with Crippen molar-refractivity contribution in [3.05, 3.63) is 59.7 Å². The van der Waals surface area contributed by atoms with Gasteiger partial charge in [-0.3, -0.25) is 9.59 Å². The molecule has 0 atom stereocenters. The zero-order valence-corrected chi connectivity index (χ0v) is 12.0. The third kappa shape index (κ3) is 4.18. The number of aldehydes is 1. The third-order valence-electron chi connectivity index (χ3n) is 2.75. The Hall–Kier alpha value is -2.62. The van der Waals surface area contributed by atoms with Crippen molar-refractivity contribution in [2.45, 2.75) is 20.0 Å². The van der Waals surface area contributed by atoms with Crippen LogP contribution in [0.3, 0.4) is 0 Å². The molecule has 4 nitrogen and oxygen atoms in total. The van der Waals surface area contributed by atoms with Gasteiger partial charge in [0.05, 0.1) is 6.10 Å². The van der Waals surface area contributed by atoms with Crippen LogP contribution in [0.15, 0.2) is 48.5 Å². The third-order valence-corrected chi connectivity index (χ3v) is 2.75. The topological polar surface area (TPSA) is 55.4 Å². The Labute approximate surface area is 123 Å². The number of anilines is 1. The molecule has 0 unspecified atom stereocenters. The number of nitrogens with one attached hydrogen (secondary N) is 1. The van der Waals surface area contributed by atoms with Crippen molar-refractivity contribution in [3.63, 3.8) is 0 Å². The number of rotatable bonds is 5. The standard InChI is InChI=1S/C17H17NO3/c1-12(2)21-16-8-4-6-14(10-16)17(20)18-15-7-3-5-13(9-15)11-19/h3-12H,1-2H3,(H,18,20). The molecule has 2 aromatic carbocycles. The van der Waals surface area contributed by atoms with E-state index in [1.54, 1.807) is 42.5 Å². The molecule has 4 heteroatoms. The predicted octanol–water partition coefficient (Wildman–Crippen LogP) is 3.54. The van der Waals surface area contributed by atoms with Gasteiger partial charge in [-0.05, 0) is 44.2 Å². The number of benzene rings is 2. The highest BCUT2D eigenvalue weighted by molar-refractivity contribution is 6.04. The van der Waals surface area contributed by atoms with Crippen LogP contribution >= 0.6 is 0 Å². The van der Waals surface area contributed by atoms with E-state index in [1.165, 1.54) is 0 Å². The number of amides is 1. The first kappa shape index (κ1) is 14.8. The maximum atomic E-state index is 12.2. The normalized spacial score (nSPS) is 10.2. The molecular weight excluding hydrogens is 266 g/mol. The van der Waals surface area contributed by atoms with Gasteiger partial charge >= 0.3 is 0 Å². The number of hydrogen-bond donors (Lipinski definition) is 1. The average molecular weight is 283 g/mol. The maximum Gasteiger partial charge on any atom is 0.255 e. The average Bonchev–Trinajstić information content (AvgIpc) is 2.47. The first-order valence-corrected chi connectivity index (χ1v) is 6.72. The smallest absolute Gasteiger partial charge is 0.255 e. The summed E-state index contributed by atoms with van der Waals surface area (Å²) in [5, 5.41) is 2.76. The molecule has 0 aliphatic rings. The summed E-state index contributed by atoms with van der Waals surface area (Å²) in [7, 11) is 0. The second-order valence-corrected chi connectivity index (χ2v) is 4.89. The van der Waals surface area contributed by atoms with E-state index in [1.807, 2.05) is 19.9 Å². The number of carbonyl (C=O) groups is 2. The van der Waals surface area contributed by atoms with Crippen molar-refractivity contribution in [1.82, 2.24) is 0 Å². The van der Waals surface area contributed by atoms with Crippen LogP contribution in [0.5, 0.6) is 5.75 Å². The summed E-state index contributed by atoms with van der Waals surface area (Å²) in [6, 6.07) is 13.7. The Morgan fingerprint density at radius 3 is 2.62 bits per heavy atom. The molecule has 0 spiro atoms. The van der Waals surface area contributed by atoms with Gasteiger partial charge in [0.25, 0.3) is 5.91 Å². The minimum atomic E-state index is -0.243. The molecule has 0 aliphatic heterocycles. The molecule has 0 bridgehead atoms. The Morgan fingerprint density at radius 2 is 1.90 bits per heavy atom. The molecule has 2 aromatic rings. The quantitative estimate of drug-likeness (QED) is 0.854. The van der Waals surface area contributed by atoms with Gasteiger partial charge in [0.15, 0.2) is 0 Å². The first-order valence-electron chi connectivity index (χ1n) is 6.72. The van der Waals surface area contributed by atoms with Crippen LogP contribution in [0.4, 0.5) is 5.69 Å². The summed E-state index contributed by atoms with van der Waals surface area (Å²) in [5.74, 6) is 0.409. The van der Waals surface area contributed by atoms with Crippen LogP contribution in [-0.2, 0) is 0 Å². The molecule has 21 heavy (non-hydrogen) atoms. The van der Waals surface area contributed by atoms with E-state index in [0.29, 0.717) is 22.6 Å². The summed E-state index contributed by atoms with van der Waals surface area (Å²) >= 11 is 0. The van der Waals surface area contributed by atoms with E-state index >= 15 is 0 Å². The van der Waals surface area contributed by atoms with Gasteiger partial charge in [0.2, 0.25) is 0 Å².